The maximum atomic E-state index is 12.7. The minimum Gasteiger partial charge on any atom is -0.355 e. The van der Waals surface area contributed by atoms with Crippen molar-refractivity contribution in [2.24, 2.45) is 11.3 Å². The summed E-state index contributed by atoms with van der Waals surface area (Å²) in [6, 6.07) is 10.8. The lowest BCUT2D eigenvalue weighted by molar-refractivity contribution is -0.141. The molecule has 2 heterocycles. The third-order valence-electron chi connectivity index (χ3n) is 6.29. The van der Waals surface area contributed by atoms with Gasteiger partial charge in [0, 0.05) is 37.6 Å². The lowest BCUT2D eigenvalue weighted by atomic mass is 9.91. The molecule has 1 aromatic carbocycles. The van der Waals surface area contributed by atoms with E-state index in [1.807, 2.05) is 43.9 Å². The molecule has 29 heavy (non-hydrogen) atoms. The van der Waals surface area contributed by atoms with Gasteiger partial charge in [-0.05, 0) is 44.2 Å². The van der Waals surface area contributed by atoms with Crippen molar-refractivity contribution in [3.63, 3.8) is 0 Å². The predicted octanol–water partition coefficient (Wildman–Crippen LogP) is 3.09. The second-order valence-electron chi connectivity index (χ2n) is 9.63. The number of nitrogens with one attached hydrogen (secondary N) is 1. The average molecular weight is 400 g/mol. The lowest BCUT2D eigenvalue weighted by Crippen LogP contribution is -2.52. The van der Waals surface area contributed by atoms with Crippen molar-refractivity contribution in [3.05, 3.63) is 35.9 Å². The van der Waals surface area contributed by atoms with Crippen LogP contribution in [0.3, 0.4) is 0 Å². The molecule has 5 heteroatoms. The molecule has 5 nitrogen and oxygen atoms in total. The Kier molecular flexibility index (Phi) is 7.33. The molecular formula is C24H37N3O2. The summed E-state index contributed by atoms with van der Waals surface area (Å²) in [6.07, 6.45) is 4.98. The van der Waals surface area contributed by atoms with Crippen molar-refractivity contribution in [2.45, 2.75) is 58.9 Å². The fourth-order valence-corrected chi connectivity index (χ4v) is 4.58. The Morgan fingerprint density at radius 3 is 2.38 bits per heavy atom. The van der Waals surface area contributed by atoms with E-state index in [0.29, 0.717) is 12.6 Å². The Labute approximate surface area is 175 Å². The maximum Gasteiger partial charge on any atom is 0.227 e. The molecule has 3 rings (SSSR count). The molecule has 0 bridgehead atoms. The van der Waals surface area contributed by atoms with Crippen molar-refractivity contribution < 1.29 is 9.59 Å². The van der Waals surface area contributed by atoms with Crippen LogP contribution in [-0.2, 0) is 16.0 Å². The van der Waals surface area contributed by atoms with Crippen LogP contribution in [0, 0.1) is 11.3 Å². The smallest absolute Gasteiger partial charge is 0.227 e. The van der Waals surface area contributed by atoms with Gasteiger partial charge in [0.05, 0.1) is 5.92 Å². The summed E-state index contributed by atoms with van der Waals surface area (Å²) in [5, 5.41) is 3.14. The summed E-state index contributed by atoms with van der Waals surface area (Å²) in [5.41, 5.74) is 0.954. The molecule has 1 atom stereocenters. The maximum absolute atomic E-state index is 12.7. The highest BCUT2D eigenvalue weighted by Gasteiger charge is 2.34. The summed E-state index contributed by atoms with van der Waals surface area (Å²) in [6.45, 7) is 10.3. The van der Waals surface area contributed by atoms with E-state index in [1.54, 1.807) is 0 Å². The van der Waals surface area contributed by atoms with Crippen LogP contribution in [0.5, 0.6) is 0 Å². The zero-order valence-electron chi connectivity index (χ0n) is 18.3. The van der Waals surface area contributed by atoms with Crippen LogP contribution in [0.4, 0.5) is 0 Å². The number of hydrogen-bond acceptors (Lipinski definition) is 3. The fourth-order valence-electron chi connectivity index (χ4n) is 4.58. The third kappa shape index (κ3) is 6.05. The summed E-state index contributed by atoms with van der Waals surface area (Å²) in [4.78, 5) is 29.7. The van der Waals surface area contributed by atoms with E-state index in [2.05, 4.69) is 22.3 Å². The summed E-state index contributed by atoms with van der Waals surface area (Å²) in [5.74, 6) is 0.546. The Bertz CT molecular complexity index is 675. The largest absolute Gasteiger partial charge is 0.355 e. The molecule has 0 radical (unpaired) electrons. The number of rotatable bonds is 5. The van der Waals surface area contributed by atoms with Gasteiger partial charge in [-0.3, -0.25) is 14.5 Å². The van der Waals surface area contributed by atoms with Gasteiger partial charge in [0.25, 0.3) is 0 Å². The van der Waals surface area contributed by atoms with E-state index in [1.165, 1.54) is 5.56 Å². The number of amides is 2. The van der Waals surface area contributed by atoms with E-state index in [4.69, 9.17) is 0 Å². The van der Waals surface area contributed by atoms with E-state index in [-0.39, 0.29) is 23.1 Å². The SMILES string of the molecule is CC(C)(C)C(=O)N1CCC(N2CCC[C@H](C(=O)NCCc3ccccc3)C2)CC1. The molecule has 1 aromatic rings. The highest BCUT2D eigenvalue weighted by molar-refractivity contribution is 5.81. The zero-order chi connectivity index (χ0) is 20.9. The van der Waals surface area contributed by atoms with E-state index in [9.17, 15) is 9.59 Å². The van der Waals surface area contributed by atoms with Crippen LogP contribution in [0.15, 0.2) is 30.3 Å². The van der Waals surface area contributed by atoms with Gasteiger partial charge >= 0.3 is 0 Å². The molecule has 0 unspecified atom stereocenters. The van der Waals surface area contributed by atoms with Crippen LogP contribution in [0.25, 0.3) is 0 Å². The predicted molar refractivity (Wildman–Crippen MR) is 117 cm³/mol. The molecule has 0 aromatic heterocycles. The first-order valence-corrected chi connectivity index (χ1v) is 11.2. The number of likely N-dealkylation sites (tertiary alicyclic amines) is 2. The molecular weight excluding hydrogens is 362 g/mol. The van der Waals surface area contributed by atoms with Gasteiger partial charge in [-0.1, -0.05) is 51.1 Å². The van der Waals surface area contributed by atoms with Crippen molar-refractivity contribution in [3.8, 4) is 0 Å². The summed E-state index contributed by atoms with van der Waals surface area (Å²) < 4.78 is 0. The molecule has 0 spiro atoms. The van der Waals surface area contributed by atoms with Crippen molar-refractivity contribution in [1.29, 1.82) is 0 Å². The first-order valence-electron chi connectivity index (χ1n) is 11.2. The van der Waals surface area contributed by atoms with E-state index >= 15 is 0 Å². The van der Waals surface area contributed by atoms with Gasteiger partial charge in [-0.2, -0.15) is 0 Å². The molecule has 2 aliphatic heterocycles. The van der Waals surface area contributed by atoms with Gasteiger partial charge in [0.15, 0.2) is 0 Å². The van der Waals surface area contributed by atoms with Gasteiger partial charge < -0.3 is 10.2 Å². The number of carbonyl (C=O) groups excluding carboxylic acids is 2. The number of piperidine rings is 2. The minimum absolute atomic E-state index is 0.0914. The first-order chi connectivity index (χ1) is 13.8. The lowest BCUT2D eigenvalue weighted by Gasteiger charge is -2.43. The van der Waals surface area contributed by atoms with E-state index < -0.39 is 0 Å². The number of carbonyl (C=O) groups is 2. The van der Waals surface area contributed by atoms with Crippen LogP contribution in [0.1, 0.15) is 52.0 Å². The fraction of sp³-hybridized carbons (Fsp3) is 0.667. The number of nitrogens with zero attached hydrogens (tertiary/aromatic N) is 2. The Morgan fingerprint density at radius 1 is 1.03 bits per heavy atom. The molecule has 2 amide bonds. The number of benzene rings is 1. The van der Waals surface area contributed by atoms with E-state index in [0.717, 1.165) is 58.3 Å². The topological polar surface area (TPSA) is 52.7 Å². The van der Waals surface area contributed by atoms with Crippen LogP contribution >= 0.6 is 0 Å². The molecule has 2 aliphatic rings. The second-order valence-corrected chi connectivity index (χ2v) is 9.63. The van der Waals surface area contributed by atoms with Gasteiger partial charge in [0.2, 0.25) is 11.8 Å². The van der Waals surface area contributed by atoms with Gasteiger partial charge in [-0.15, -0.1) is 0 Å². The Hall–Kier alpha value is -1.88. The van der Waals surface area contributed by atoms with Gasteiger partial charge in [0.1, 0.15) is 0 Å². The summed E-state index contributed by atoms with van der Waals surface area (Å²) >= 11 is 0. The molecule has 1 N–H and O–H groups in total. The molecule has 0 saturated carbocycles. The highest BCUT2D eigenvalue weighted by Crippen LogP contribution is 2.26. The third-order valence-corrected chi connectivity index (χ3v) is 6.29. The van der Waals surface area contributed by atoms with Crippen LogP contribution < -0.4 is 5.32 Å². The molecule has 2 fully saturated rings. The Morgan fingerprint density at radius 2 is 1.72 bits per heavy atom. The quantitative estimate of drug-likeness (QED) is 0.828. The van der Waals surface area contributed by atoms with Crippen molar-refractivity contribution in [1.82, 2.24) is 15.1 Å². The monoisotopic (exact) mass is 399 g/mol. The first kappa shape index (κ1) is 21.8. The van der Waals surface area contributed by atoms with Crippen LogP contribution in [-0.4, -0.2) is 60.4 Å². The molecule has 2 saturated heterocycles. The molecule has 0 aliphatic carbocycles. The normalized spacial score (nSPS) is 21.8. The van der Waals surface area contributed by atoms with Crippen molar-refractivity contribution >= 4 is 11.8 Å². The Balaban J connectivity index is 1.43. The summed E-state index contributed by atoms with van der Waals surface area (Å²) in [7, 11) is 0. The second kappa shape index (κ2) is 9.75. The van der Waals surface area contributed by atoms with Crippen LogP contribution in [0.2, 0.25) is 0 Å². The highest BCUT2D eigenvalue weighted by atomic mass is 16.2. The zero-order valence-corrected chi connectivity index (χ0v) is 18.3. The van der Waals surface area contributed by atoms with Crippen molar-refractivity contribution in [2.75, 3.05) is 32.7 Å². The minimum atomic E-state index is -0.305. The van der Waals surface area contributed by atoms with Gasteiger partial charge in [-0.25, -0.2) is 0 Å². The standard InChI is InChI=1S/C24H37N3O2/c1-24(2,3)23(29)26-16-12-21(13-17-26)27-15-7-10-20(18-27)22(28)25-14-11-19-8-5-4-6-9-19/h4-6,8-9,20-21H,7,10-18H2,1-3H3,(H,25,28)/t20-/m0/s1. The molecule has 160 valence electrons. The average Bonchev–Trinajstić information content (AvgIpc) is 2.73. The number of hydrogen-bond donors (Lipinski definition) is 1.